The van der Waals surface area contributed by atoms with Crippen molar-refractivity contribution < 1.29 is 14.3 Å². The standard InChI is InChI=1S/C20H20ClN3O3S/c1-20(2,27-16-10-6-14(21)7-11-16)18(25)22-19-24-23-17(28-19)12-13-4-8-15(26-3)9-5-13/h4-11H,12H2,1-3H3,(H,22,24,25). The van der Waals surface area contributed by atoms with E-state index in [2.05, 4.69) is 15.5 Å². The van der Waals surface area contributed by atoms with E-state index in [-0.39, 0.29) is 5.91 Å². The van der Waals surface area contributed by atoms with Gasteiger partial charge in [-0.2, -0.15) is 0 Å². The van der Waals surface area contributed by atoms with E-state index < -0.39 is 5.60 Å². The summed E-state index contributed by atoms with van der Waals surface area (Å²) in [5.74, 6) is 1.05. The van der Waals surface area contributed by atoms with E-state index in [4.69, 9.17) is 21.1 Å². The Morgan fingerprint density at radius 3 is 2.36 bits per heavy atom. The van der Waals surface area contributed by atoms with Crippen molar-refractivity contribution in [2.45, 2.75) is 25.9 Å². The van der Waals surface area contributed by atoms with E-state index >= 15 is 0 Å². The molecular weight excluding hydrogens is 398 g/mol. The quantitative estimate of drug-likeness (QED) is 0.608. The van der Waals surface area contributed by atoms with Crippen LogP contribution in [0.2, 0.25) is 5.02 Å². The minimum absolute atomic E-state index is 0.311. The highest BCUT2D eigenvalue weighted by Gasteiger charge is 2.31. The Morgan fingerprint density at radius 1 is 1.07 bits per heavy atom. The Kier molecular flexibility index (Phi) is 6.16. The molecule has 8 heteroatoms. The van der Waals surface area contributed by atoms with E-state index in [9.17, 15) is 4.79 Å². The molecule has 0 atom stereocenters. The second-order valence-electron chi connectivity index (χ2n) is 6.55. The van der Waals surface area contributed by atoms with Crippen LogP contribution >= 0.6 is 22.9 Å². The third kappa shape index (κ3) is 5.21. The number of carbonyl (C=O) groups is 1. The molecule has 1 heterocycles. The summed E-state index contributed by atoms with van der Waals surface area (Å²) in [4.78, 5) is 12.6. The number of aromatic nitrogens is 2. The molecule has 28 heavy (non-hydrogen) atoms. The van der Waals surface area contributed by atoms with Crippen LogP contribution in [0.3, 0.4) is 0 Å². The summed E-state index contributed by atoms with van der Waals surface area (Å²) in [5.41, 5.74) is -0.00318. The summed E-state index contributed by atoms with van der Waals surface area (Å²) in [7, 11) is 1.63. The number of amides is 1. The van der Waals surface area contributed by atoms with Crippen molar-refractivity contribution in [3.63, 3.8) is 0 Å². The van der Waals surface area contributed by atoms with Crippen LogP contribution in [0.1, 0.15) is 24.4 Å². The van der Waals surface area contributed by atoms with Gasteiger partial charge in [0.1, 0.15) is 16.5 Å². The lowest BCUT2D eigenvalue weighted by Crippen LogP contribution is -2.42. The van der Waals surface area contributed by atoms with Crippen LogP contribution < -0.4 is 14.8 Å². The molecule has 0 saturated heterocycles. The van der Waals surface area contributed by atoms with E-state index in [1.165, 1.54) is 11.3 Å². The molecule has 3 aromatic rings. The van der Waals surface area contributed by atoms with Crippen molar-refractivity contribution in [2.75, 3.05) is 12.4 Å². The summed E-state index contributed by atoms with van der Waals surface area (Å²) in [5, 5.41) is 12.8. The maximum Gasteiger partial charge on any atom is 0.269 e. The van der Waals surface area contributed by atoms with E-state index in [1.807, 2.05) is 24.3 Å². The maximum absolute atomic E-state index is 12.6. The number of halogens is 1. The monoisotopic (exact) mass is 417 g/mol. The summed E-state index contributed by atoms with van der Waals surface area (Å²) < 4.78 is 10.9. The lowest BCUT2D eigenvalue weighted by molar-refractivity contribution is -0.128. The van der Waals surface area contributed by atoms with Crippen LogP contribution in [-0.2, 0) is 11.2 Å². The zero-order valence-corrected chi connectivity index (χ0v) is 17.3. The Bertz CT molecular complexity index is 940. The molecule has 0 saturated carbocycles. The number of anilines is 1. The van der Waals surface area contributed by atoms with E-state index in [0.717, 1.165) is 16.3 Å². The van der Waals surface area contributed by atoms with Gasteiger partial charge in [-0.05, 0) is 55.8 Å². The minimum Gasteiger partial charge on any atom is -0.497 e. The molecule has 0 radical (unpaired) electrons. The number of ether oxygens (including phenoxy) is 2. The molecule has 0 fully saturated rings. The normalized spacial score (nSPS) is 11.1. The Morgan fingerprint density at radius 2 is 1.71 bits per heavy atom. The highest BCUT2D eigenvalue weighted by Crippen LogP contribution is 2.24. The lowest BCUT2D eigenvalue weighted by Gasteiger charge is -2.24. The third-order valence-electron chi connectivity index (χ3n) is 3.94. The van der Waals surface area contributed by atoms with Crippen molar-refractivity contribution in [3.05, 3.63) is 64.1 Å². The third-order valence-corrected chi connectivity index (χ3v) is 5.03. The molecule has 146 valence electrons. The molecule has 6 nitrogen and oxygen atoms in total. The van der Waals surface area contributed by atoms with Crippen LogP contribution in [0.4, 0.5) is 5.13 Å². The number of hydrogen-bond acceptors (Lipinski definition) is 6. The largest absolute Gasteiger partial charge is 0.497 e. The predicted molar refractivity (Wildman–Crippen MR) is 110 cm³/mol. The van der Waals surface area contributed by atoms with Crippen LogP contribution in [0.5, 0.6) is 11.5 Å². The van der Waals surface area contributed by atoms with Crippen molar-refractivity contribution in [2.24, 2.45) is 0 Å². The van der Waals surface area contributed by atoms with Gasteiger partial charge in [0.2, 0.25) is 5.13 Å². The van der Waals surface area contributed by atoms with Crippen molar-refractivity contribution >= 4 is 34.0 Å². The first-order valence-corrected chi connectivity index (χ1v) is 9.76. The maximum atomic E-state index is 12.6. The zero-order valence-electron chi connectivity index (χ0n) is 15.7. The number of rotatable bonds is 7. The molecule has 2 aromatic carbocycles. The number of benzene rings is 2. The number of nitrogens with one attached hydrogen (secondary N) is 1. The summed E-state index contributed by atoms with van der Waals surface area (Å²) >= 11 is 7.21. The molecule has 1 aromatic heterocycles. The number of carbonyl (C=O) groups excluding carboxylic acids is 1. The fourth-order valence-corrected chi connectivity index (χ4v) is 3.28. The molecule has 0 unspecified atom stereocenters. The van der Waals surface area contributed by atoms with Gasteiger partial charge in [-0.15, -0.1) is 10.2 Å². The first-order chi connectivity index (χ1) is 13.4. The van der Waals surface area contributed by atoms with Crippen LogP contribution in [0.15, 0.2) is 48.5 Å². The van der Waals surface area contributed by atoms with Gasteiger partial charge < -0.3 is 9.47 Å². The molecule has 0 spiro atoms. The summed E-state index contributed by atoms with van der Waals surface area (Å²) in [6, 6.07) is 14.6. The minimum atomic E-state index is -1.09. The molecule has 0 aliphatic heterocycles. The molecule has 1 N–H and O–H groups in total. The van der Waals surface area contributed by atoms with Crippen molar-refractivity contribution in [3.8, 4) is 11.5 Å². The molecule has 1 amide bonds. The van der Waals surface area contributed by atoms with Gasteiger partial charge in [-0.1, -0.05) is 35.1 Å². The average molecular weight is 418 g/mol. The highest BCUT2D eigenvalue weighted by molar-refractivity contribution is 7.15. The molecule has 3 rings (SSSR count). The fraction of sp³-hybridized carbons (Fsp3) is 0.250. The zero-order chi connectivity index (χ0) is 20.1. The molecule has 0 aliphatic carbocycles. The van der Waals surface area contributed by atoms with Gasteiger partial charge in [0.25, 0.3) is 5.91 Å². The van der Waals surface area contributed by atoms with Crippen LogP contribution in [0, 0.1) is 0 Å². The summed E-state index contributed by atoms with van der Waals surface area (Å²) in [6.07, 6.45) is 0.627. The Balaban J connectivity index is 1.61. The SMILES string of the molecule is COc1ccc(Cc2nnc(NC(=O)C(C)(C)Oc3ccc(Cl)cc3)s2)cc1. The molecule has 0 aliphatic rings. The van der Waals surface area contributed by atoms with Gasteiger partial charge in [-0.25, -0.2) is 0 Å². The predicted octanol–water partition coefficient (Wildman–Crippen LogP) is 4.59. The Hall–Kier alpha value is -2.64. The van der Waals surface area contributed by atoms with Gasteiger partial charge >= 0.3 is 0 Å². The van der Waals surface area contributed by atoms with Gasteiger partial charge in [0.05, 0.1) is 7.11 Å². The molecular formula is C20H20ClN3O3S. The second kappa shape index (κ2) is 8.58. The van der Waals surface area contributed by atoms with Gasteiger partial charge in [-0.3, -0.25) is 10.1 Å². The van der Waals surface area contributed by atoms with Gasteiger partial charge in [0, 0.05) is 11.4 Å². The van der Waals surface area contributed by atoms with Crippen molar-refractivity contribution in [1.29, 1.82) is 0 Å². The molecule has 0 bridgehead atoms. The van der Waals surface area contributed by atoms with E-state index in [1.54, 1.807) is 45.2 Å². The van der Waals surface area contributed by atoms with Gasteiger partial charge in [0.15, 0.2) is 5.60 Å². The second-order valence-corrected chi connectivity index (χ2v) is 8.04. The highest BCUT2D eigenvalue weighted by atomic mass is 35.5. The lowest BCUT2D eigenvalue weighted by atomic mass is 10.1. The average Bonchev–Trinajstić information content (AvgIpc) is 3.11. The fourth-order valence-electron chi connectivity index (χ4n) is 2.38. The first kappa shape index (κ1) is 20.1. The first-order valence-electron chi connectivity index (χ1n) is 8.57. The Labute approximate surface area is 172 Å². The number of nitrogens with zero attached hydrogens (tertiary/aromatic N) is 2. The summed E-state index contributed by atoms with van der Waals surface area (Å²) in [6.45, 7) is 3.38. The number of methoxy groups -OCH3 is 1. The van der Waals surface area contributed by atoms with Crippen molar-refractivity contribution in [1.82, 2.24) is 10.2 Å². The topological polar surface area (TPSA) is 73.3 Å². The van der Waals surface area contributed by atoms with E-state index in [0.29, 0.717) is 22.3 Å². The smallest absolute Gasteiger partial charge is 0.269 e. The number of hydrogen-bond donors (Lipinski definition) is 1. The van der Waals surface area contributed by atoms with Crippen LogP contribution in [0.25, 0.3) is 0 Å². The van der Waals surface area contributed by atoms with Crippen LogP contribution in [-0.4, -0.2) is 28.8 Å².